The molecule has 2 saturated heterocycles. The maximum atomic E-state index is 13.7. The summed E-state index contributed by atoms with van der Waals surface area (Å²) in [6.07, 6.45) is 1.11. The lowest BCUT2D eigenvalue weighted by molar-refractivity contribution is -0.138. The van der Waals surface area contributed by atoms with Gasteiger partial charge in [-0.1, -0.05) is 32.9 Å². The minimum Gasteiger partial charge on any atom is -0.497 e. The van der Waals surface area contributed by atoms with Gasteiger partial charge in [-0.2, -0.15) is 0 Å². The summed E-state index contributed by atoms with van der Waals surface area (Å²) in [6, 6.07) is 9.77. The van der Waals surface area contributed by atoms with Crippen LogP contribution in [0.15, 0.2) is 40.2 Å². The van der Waals surface area contributed by atoms with Crippen molar-refractivity contribution >= 4 is 39.1 Å². The van der Waals surface area contributed by atoms with E-state index in [0.717, 1.165) is 42.0 Å². The summed E-state index contributed by atoms with van der Waals surface area (Å²) >= 11 is 5.26. The normalized spacial score (nSPS) is 20.7. The van der Waals surface area contributed by atoms with Crippen molar-refractivity contribution in [1.82, 2.24) is 20.0 Å². The molecular weight excluding hydrogens is 552 g/mol. The smallest absolute Gasteiger partial charge is 0.240 e. The van der Waals surface area contributed by atoms with Gasteiger partial charge in [-0.3, -0.25) is 14.5 Å². The Hall–Kier alpha value is -1.94. The van der Waals surface area contributed by atoms with Crippen molar-refractivity contribution in [2.45, 2.75) is 58.8 Å². The molecule has 1 N–H and O–H groups in total. The van der Waals surface area contributed by atoms with Crippen LogP contribution in [0.1, 0.15) is 44.1 Å². The third kappa shape index (κ3) is 7.56. The Bertz CT molecular complexity index is 1080. The number of carbonyl (C=O) groups excluding carboxylic acids is 2. The fraction of sp³-hybridized carbons (Fsp3) is 0.571. The number of likely N-dealkylation sites (tertiary alicyclic amines) is 1. The highest BCUT2D eigenvalue weighted by molar-refractivity contribution is 9.10. The predicted octanol–water partition coefficient (Wildman–Crippen LogP) is 4.36. The zero-order valence-electron chi connectivity index (χ0n) is 22.3. The van der Waals surface area contributed by atoms with Crippen molar-refractivity contribution in [2.75, 3.05) is 39.8 Å². The van der Waals surface area contributed by atoms with E-state index in [9.17, 15) is 9.59 Å². The number of benzene rings is 1. The predicted molar refractivity (Wildman–Crippen MR) is 152 cm³/mol. The van der Waals surface area contributed by atoms with E-state index in [2.05, 4.69) is 58.4 Å². The van der Waals surface area contributed by atoms with Crippen LogP contribution in [0, 0.1) is 5.41 Å². The molecule has 2 atom stereocenters. The molecule has 2 aliphatic rings. The summed E-state index contributed by atoms with van der Waals surface area (Å²) in [7, 11) is 1.66. The van der Waals surface area contributed by atoms with Gasteiger partial charge in [-0.05, 0) is 51.5 Å². The second-order valence-corrected chi connectivity index (χ2v) is 13.2. The largest absolute Gasteiger partial charge is 0.497 e. The van der Waals surface area contributed by atoms with Gasteiger partial charge in [0.2, 0.25) is 11.8 Å². The first-order chi connectivity index (χ1) is 17.6. The van der Waals surface area contributed by atoms with Gasteiger partial charge in [0.15, 0.2) is 0 Å². The second-order valence-electron chi connectivity index (χ2n) is 11.3. The van der Waals surface area contributed by atoms with Gasteiger partial charge >= 0.3 is 0 Å². The van der Waals surface area contributed by atoms with Gasteiger partial charge in [-0.15, -0.1) is 11.3 Å². The number of nitrogens with one attached hydrogen (secondary N) is 1. The molecule has 2 amide bonds. The van der Waals surface area contributed by atoms with Crippen molar-refractivity contribution in [1.29, 1.82) is 0 Å². The molecule has 1 aromatic heterocycles. The van der Waals surface area contributed by atoms with Crippen LogP contribution in [0.3, 0.4) is 0 Å². The molecule has 0 aliphatic carbocycles. The molecule has 37 heavy (non-hydrogen) atoms. The van der Waals surface area contributed by atoms with Crippen LogP contribution >= 0.6 is 27.3 Å². The zero-order valence-corrected chi connectivity index (χ0v) is 24.7. The molecule has 2 fully saturated rings. The third-order valence-corrected chi connectivity index (χ3v) is 8.69. The summed E-state index contributed by atoms with van der Waals surface area (Å²) in [6.45, 7) is 11.3. The maximum Gasteiger partial charge on any atom is 0.240 e. The molecule has 0 spiro atoms. The number of amides is 2. The standard InChI is InChI=1S/C28H39BrN4O3S/c1-28(2,3)15-26(34)33(16-20-6-5-7-23(12-20)36-4)22-14-25(27(35)31-10-8-30-9-11-31)32(17-22)18-24-13-21(29)19-37-24/h5-7,12-13,19,22,25,30H,8-11,14-18H2,1-4H3. The van der Waals surface area contributed by atoms with E-state index in [0.29, 0.717) is 32.5 Å². The number of nitrogens with zero attached hydrogens (tertiary/aromatic N) is 3. The van der Waals surface area contributed by atoms with E-state index < -0.39 is 0 Å². The lowest BCUT2D eigenvalue weighted by Crippen LogP contribution is -2.52. The van der Waals surface area contributed by atoms with Crippen molar-refractivity contribution in [3.8, 4) is 5.75 Å². The lowest BCUT2D eigenvalue weighted by Gasteiger charge is -2.32. The summed E-state index contributed by atoms with van der Waals surface area (Å²) < 4.78 is 6.50. The Kier molecular flexibility index (Phi) is 9.32. The Morgan fingerprint density at radius 1 is 1.22 bits per heavy atom. The minimum absolute atomic E-state index is 0.0404. The number of rotatable bonds is 8. The summed E-state index contributed by atoms with van der Waals surface area (Å²) in [5.41, 5.74) is 0.911. The van der Waals surface area contributed by atoms with Crippen LogP contribution in [0.25, 0.3) is 0 Å². The Balaban J connectivity index is 1.60. The van der Waals surface area contributed by atoms with Crippen LogP contribution in [-0.2, 0) is 22.7 Å². The van der Waals surface area contributed by atoms with Crippen LogP contribution in [0.5, 0.6) is 5.75 Å². The highest BCUT2D eigenvalue weighted by Gasteiger charge is 2.42. The number of hydrogen-bond donors (Lipinski definition) is 1. The Morgan fingerprint density at radius 3 is 2.62 bits per heavy atom. The van der Waals surface area contributed by atoms with E-state index in [-0.39, 0.29) is 29.3 Å². The number of ether oxygens (including phenoxy) is 1. The second kappa shape index (κ2) is 12.3. The topological polar surface area (TPSA) is 65.1 Å². The van der Waals surface area contributed by atoms with E-state index >= 15 is 0 Å². The molecule has 0 saturated carbocycles. The van der Waals surface area contributed by atoms with Crippen molar-refractivity contribution in [3.05, 3.63) is 50.6 Å². The van der Waals surface area contributed by atoms with Gasteiger partial charge in [0, 0.05) is 73.0 Å². The van der Waals surface area contributed by atoms with E-state index in [1.54, 1.807) is 18.4 Å². The summed E-state index contributed by atoms with van der Waals surface area (Å²) in [5, 5.41) is 5.42. The van der Waals surface area contributed by atoms with Crippen molar-refractivity contribution < 1.29 is 14.3 Å². The summed E-state index contributed by atoms with van der Waals surface area (Å²) in [5.74, 6) is 1.10. The first-order valence-electron chi connectivity index (χ1n) is 13.0. The monoisotopic (exact) mass is 590 g/mol. The van der Waals surface area contributed by atoms with Crippen molar-refractivity contribution in [3.63, 3.8) is 0 Å². The molecule has 202 valence electrons. The number of methoxy groups -OCH3 is 1. The van der Waals surface area contributed by atoms with Gasteiger partial charge in [0.05, 0.1) is 13.2 Å². The quantitative estimate of drug-likeness (QED) is 0.495. The molecular formula is C28H39BrN4O3S. The first kappa shape index (κ1) is 28.1. The molecule has 2 unspecified atom stereocenters. The molecule has 1 aromatic carbocycles. The third-order valence-electron chi connectivity index (χ3n) is 7.01. The molecule has 2 aromatic rings. The molecule has 2 aliphatic heterocycles. The van der Waals surface area contributed by atoms with Crippen LogP contribution in [-0.4, -0.2) is 78.4 Å². The minimum atomic E-state index is -0.237. The van der Waals surface area contributed by atoms with Crippen LogP contribution in [0.2, 0.25) is 0 Å². The van der Waals surface area contributed by atoms with E-state index in [1.807, 2.05) is 34.1 Å². The lowest BCUT2D eigenvalue weighted by atomic mass is 9.91. The van der Waals surface area contributed by atoms with Gasteiger partial charge < -0.3 is 19.9 Å². The number of halogens is 1. The van der Waals surface area contributed by atoms with Crippen LogP contribution < -0.4 is 10.1 Å². The number of piperazine rings is 1. The highest BCUT2D eigenvalue weighted by Crippen LogP contribution is 2.31. The highest BCUT2D eigenvalue weighted by atomic mass is 79.9. The molecule has 4 rings (SSSR count). The van der Waals surface area contributed by atoms with Gasteiger partial charge in [0.1, 0.15) is 5.75 Å². The molecule has 0 radical (unpaired) electrons. The average molecular weight is 592 g/mol. The number of hydrogen-bond acceptors (Lipinski definition) is 6. The van der Waals surface area contributed by atoms with Crippen molar-refractivity contribution in [2.24, 2.45) is 5.41 Å². The fourth-order valence-electron chi connectivity index (χ4n) is 5.21. The number of carbonyl (C=O) groups is 2. The van der Waals surface area contributed by atoms with Gasteiger partial charge in [-0.25, -0.2) is 0 Å². The summed E-state index contributed by atoms with van der Waals surface area (Å²) in [4.78, 5) is 35.0. The fourth-order valence-corrected chi connectivity index (χ4v) is 6.69. The molecule has 7 nitrogen and oxygen atoms in total. The Labute approximate surface area is 233 Å². The maximum absolute atomic E-state index is 13.7. The average Bonchev–Trinajstić information content (AvgIpc) is 3.47. The zero-order chi connectivity index (χ0) is 26.6. The van der Waals surface area contributed by atoms with Gasteiger partial charge in [0.25, 0.3) is 0 Å². The van der Waals surface area contributed by atoms with Crippen LogP contribution in [0.4, 0.5) is 0 Å². The molecule has 9 heteroatoms. The SMILES string of the molecule is COc1cccc(CN(C(=O)CC(C)(C)C)C2CC(C(=O)N3CCNCC3)N(Cc3cc(Br)cs3)C2)c1. The van der Waals surface area contributed by atoms with E-state index in [4.69, 9.17) is 4.74 Å². The first-order valence-corrected chi connectivity index (χ1v) is 14.7. The number of thiophene rings is 1. The van der Waals surface area contributed by atoms with E-state index in [1.165, 1.54) is 4.88 Å². The Morgan fingerprint density at radius 2 is 1.97 bits per heavy atom. The molecule has 0 bridgehead atoms. The molecule has 3 heterocycles.